The van der Waals surface area contributed by atoms with Crippen LogP contribution in [-0.4, -0.2) is 29.3 Å². The van der Waals surface area contributed by atoms with Crippen molar-refractivity contribution < 1.29 is 4.79 Å². The average Bonchev–Trinajstić information content (AvgIpc) is 2.56. The molecule has 0 bridgehead atoms. The van der Waals surface area contributed by atoms with E-state index in [2.05, 4.69) is 14.9 Å². The van der Waals surface area contributed by atoms with Crippen LogP contribution in [0.1, 0.15) is 41.9 Å². The monoisotopic (exact) mass is 253 g/mol. The summed E-state index contributed by atoms with van der Waals surface area (Å²) in [6.45, 7) is 3.67. The normalized spacial score (nSPS) is 16.7. The van der Waals surface area contributed by atoms with Gasteiger partial charge in [0.1, 0.15) is 16.8 Å². The third kappa shape index (κ3) is 2.75. The summed E-state index contributed by atoms with van der Waals surface area (Å²) in [6.07, 6.45) is 5.51. The van der Waals surface area contributed by atoms with Crippen LogP contribution < -0.4 is 4.90 Å². The lowest BCUT2D eigenvalue weighted by molar-refractivity contribution is 0.112. The first-order chi connectivity index (χ1) is 8.22. The number of aryl methyl sites for hydroxylation is 1. The van der Waals surface area contributed by atoms with Crippen molar-refractivity contribution in [3.05, 3.63) is 16.5 Å². The predicted octanol–water partition coefficient (Wildman–Crippen LogP) is 2.63. The van der Waals surface area contributed by atoms with Crippen LogP contribution in [0.5, 0.6) is 0 Å². The van der Waals surface area contributed by atoms with Gasteiger partial charge in [0.25, 0.3) is 0 Å². The van der Waals surface area contributed by atoms with Gasteiger partial charge in [-0.05, 0) is 19.8 Å². The number of carbonyl (C=O) groups is 1. The first kappa shape index (κ1) is 12.3. The van der Waals surface area contributed by atoms with Crippen molar-refractivity contribution in [2.45, 2.75) is 32.6 Å². The van der Waals surface area contributed by atoms with Gasteiger partial charge >= 0.3 is 0 Å². The molecule has 0 unspecified atom stereocenters. The number of nitrogens with zero attached hydrogens (tertiary/aromatic N) is 3. The fourth-order valence-electron chi connectivity index (χ4n) is 2.16. The van der Waals surface area contributed by atoms with Crippen LogP contribution in [0.2, 0.25) is 5.15 Å². The molecule has 5 heteroatoms. The first-order valence-electron chi connectivity index (χ1n) is 5.96. The molecule has 1 aromatic heterocycles. The Morgan fingerprint density at radius 2 is 1.82 bits per heavy atom. The third-order valence-corrected chi connectivity index (χ3v) is 3.30. The van der Waals surface area contributed by atoms with E-state index in [9.17, 15) is 4.79 Å². The summed E-state index contributed by atoms with van der Waals surface area (Å²) in [4.78, 5) is 21.6. The molecule has 1 aromatic rings. The molecular weight excluding hydrogens is 238 g/mol. The minimum absolute atomic E-state index is 0.256. The first-order valence-corrected chi connectivity index (χ1v) is 6.34. The molecule has 0 aliphatic carbocycles. The molecular formula is C12H16ClN3O. The second kappa shape index (κ2) is 5.45. The number of halogens is 1. The fraction of sp³-hybridized carbons (Fsp3) is 0.583. The summed E-state index contributed by atoms with van der Waals surface area (Å²) in [5.41, 5.74) is 0.416. The van der Waals surface area contributed by atoms with Gasteiger partial charge in [-0.1, -0.05) is 24.4 Å². The van der Waals surface area contributed by atoms with Crippen LogP contribution in [0.25, 0.3) is 0 Å². The highest BCUT2D eigenvalue weighted by molar-refractivity contribution is 6.32. The molecule has 0 saturated carbocycles. The molecule has 1 saturated heterocycles. The number of hydrogen-bond donors (Lipinski definition) is 0. The summed E-state index contributed by atoms with van der Waals surface area (Å²) >= 11 is 5.99. The van der Waals surface area contributed by atoms with E-state index in [4.69, 9.17) is 11.6 Å². The van der Waals surface area contributed by atoms with Crippen molar-refractivity contribution in [2.75, 3.05) is 18.0 Å². The highest BCUT2D eigenvalue weighted by Gasteiger charge is 2.18. The van der Waals surface area contributed by atoms with Crippen molar-refractivity contribution in [1.82, 2.24) is 9.97 Å². The number of anilines is 1. The molecule has 0 N–H and O–H groups in total. The second-order valence-electron chi connectivity index (χ2n) is 4.32. The maximum absolute atomic E-state index is 11.1. The van der Waals surface area contributed by atoms with E-state index in [-0.39, 0.29) is 5.15 Å². The molecule has 0 atom stereocenters. The fourth-order valence-corrected chi connectivity index (χ4v) is 2.41. The Kier molecular flexibility index (Phi) is 3.94. The van der Waals surface area contributed by atoms with Crippen molar-refractivity contribution in [3.8, 4) is 0 Å². The number of carbonyl (C=O) groups excluding carboxylic acids is 1. The van der Waals surface area contributed by atoms with Gasteiger partial charge in [0, 0.05) is 13.1 Å². The molecule has 0 radical (unpaired) electrons. The van der Waals surface area contributed by atoms with E-state index in [0.29, 0.717) is 17.2 Å². The minimum Gasteiger partial charge on any atom is -0.356 e. The van der Waals surface area contributed by atoms with Crippen molar-refractivity contribution in [1.29, 1.82) is 0 Å². The van der Waals surface area contributed by atoms with E-state index in [1.54, 1.807) is 6.92 Å². The molecule has 1 fully saturated rings. The van der Waals surface area contributed by atoms with Crippen molar-refractivity contribution in [2.24, 2.45) is 0 Å². The van der Waals surface area contributed by atoms with Crippen LogP contribution in [0.15, 0.2) is 0 Å². The lowest BCUT2D eigenvalue weighted by atomic mass is 10.2. The highest BCUT2D eigenvalue weighted by Crippen LogP contribution is 2.25. The third-order valence-electron chi connectivity index (χ3n) is 3.01. The molecule has 1 aliphatic rings. The van der Waals surface area contributed by atoms with Gasteiger partial charge in [-0.25, -0.2) is 9.97 Å². The molecule has 0 spiro atoms. The topological polar surface area (TPSA) is 46.1 Å². The van der Waals surface area contributed by atoms with Gasteiger partial charge in [0.15, 0.2) is 6.29 Å². The van der Waals surface area contributed by atoms with Crippen molar-refractivity contribution >= 4 is 23.7 Å². The Morgan fingerprint density at radius 1 is 1.18 bits per heavy atom. The lowest BCUT2D eigenvalue weighted by Crippen LogP contribution is -2.26. The zero-order valence-electron chi connectivity index (χ0n) is 9.95. The molecule has 92 valence electrons. The molecule has 2 heterocycles. The van der Waals surface area contributed by atoms with E-state index in [1.165, 1.54) is 12.8 Å². The standard InChI is InChI=1S/C12H16ClN3O/c1-9-14-11(13)10(8-17)12(15-9)16-6-4-2-3-5-7-16/h8H,2-7H2,1H3. The van der Waals surface area contributed by atoms with E-state index < -0.39 is 0 Å². The van der Waals surface area contributed by atoms with Gasteiger partial charge in [0.05, 0.1) is 5.56 Å². The maximum atomic E-state index is 11.1. The molecule has 2 rings (SSSR count). The van der Waals surface area contributed by atoms with E-state index >= 15 is 0 Å². The van der Waals surface area contributed by atoms with Gasteiger partial charge in [0.2, 0.25) is 0 Å². The Labute approximate surface area is 106 Å². The lowest BCUT2D eigenvalue weighted by Gasteiger charge is -2.23. The maximum Gasteiger partial charge on any atom is 0.156 e. The largest absolute Gasteiger partial charge is 0.356 e. The quantitative estimate of drug-likeness (QED) is 0.600. The molecule has 17 heavy (non-hydrogen) atoms. The smallest absolute Gasteiger partial charge is 0.156 e. The van der Waals surface area contributed by atoms with Crippen molar-refractivity contribution in [3.63, 3.8) is 0 Å². The van der Waals surface area contributed by atoms with Crippen LogP contribution in [0, 0.1) is 6.92 Å². The van der Waals surface area contributed by atoms with Gasteiger partial charge in [-0.15, -0.1) is 0 Å². The van der Waals surface area contributed by atoms with E-state index in [0.717, 1.165) is 32.2 Å². The zero-order chi connectivity index (χ0) is 12.3. The Bertz CT molecular complexity index is 414. The van der Waals surface area contributed by atoms with E-state index in [1.807, 2.05) is 0 Å². The van der Waals surface area contributed by atoms with Crippen LogP contribution >= 0.6 is 11.6 Å². The van der Waals surface area contributed by atoms with Gasteiger partial charge < -0.3 is 4.90 Å². The summed E-state index contributed by atoms with van der Waals surface area (Å²) in [5, 5.41) is 0.256. The predicted molar refractivity (Wildman–Crippen MR) is 67.8 cm³/mol. The SMILES string of the molecule is Cc1nc(Cl)c(C=O)c(N2CCCCCC2)n1. The summed E-state index contributed by atoms with van der Waals surface area (Å²) in [7, 11) is 0. The van der Waals surface area contributed by atoms with Crippen LogP contribution in [0.4, 0.5) is 5.82 Å². The van der Waals surface area contributed by atoms with Gasteiger partial charge in [-0.3, -0.25) is 4.79 Å². The summed E-state index contributed by atoms with van der Waals surface area (Å²) < 4.78 is 0. The molecule has 4 nitrogen and oxygen atoms in total. The molecule has 0 aromatic carbocycles. The Hall–Kier alpha value is -1.16. The number of aromatic nitrogens is 2. The second-order valence-corrected chi connectivity index (χ2v) is 4.68. The number of rotatable bonds is 2. The summed E-state index contributed by atoms with van der Waals surface area (Å²) in [5.74, 6) is 1.30. The number of hydrogen-bond acceptors (Lipinski definition) is 4. The van der Waals surface area contributed by atoms with Crippen LogP contribution in [-0.2, 0) is 0 Å². The molecule has 0 amide bonds. The van der Waals surface area contributed by atoms with Gasteiger partial charge in [-0.2, -0.15) is 0 Å². The zero-order valence-corrected chi connectivity index (χ0v) is 10.7. The average molecular weight is 254 g/mol. The summed E-state index contributed by atoms with van der Waals surface area (Å²) in [6, 6.07) is 0. The Morgan fingerprint density at radius 3 is 2.41 bits per heavy atom. The highest BCUT2D eigenvalue weighted by atomic mass is 35.5. The molecule has 1 aliphatic heterocycles. The Balaban J connectivity index is 2.38. The minimum atomic E-state index is 0.256. The van der Waals surface area contributed by atoms with Crippen LogP contribution in [0.3, 0.4) is 0 Å². The number of aldehydes is 1.